The van der Waals surface area contributed by atoms with Gasteiger partial charge in [-0.1, -0.05) is 36.6 Å². The molecule has 0 bridgehead atoms. The van der Waals surface area contributed by atoms with Crippen LogP contribution in [0.1, 0.15) is 17.5 Å². The van der Waals surface area contributed by atoms with Crippen LogP contribution >= 0.6 is 24.4 Å². The molecule has 1 saturated heterocycles. The van der Waals surface area contributed by atoms with Crippen molar-refractivity contribution in [1.82, 2.24) is 10.3 Å². The zero-order valence-electron chi connectivity index (χ0n) is 11.6. The van der Waals surface area contributed by atoms with Gasteiger partial charge in [-0.05, 0) is 17.5 Å². The van der Waals surface area contributed by atoms with Crippen molar-refractivity contribution >= 4 is 40.3 Å². The molecule has 1 fully saturated rings. The number of hydrogen-bond acceptors (Lipinski definition) is 4. The maximum Gasteiger partial charge on any atom is 0.219 e. The van der Waals surface area contributed by atoms with Gasteiger partial charge in [-0.2, -0.15) is 4.57 Å². The molecule has 3 rings (SSSR count). The summed E-state index contributed by atoms with van der Waals surface area (Å²) >= 11 is 10.9. The van der Waals surface area contributed by atoms with Gasteiger partial charge < -0.3 is 5.32 Å². The van der Waals surface area contributed by atoms with Crippen molar-refractivity contribution in [2.24, 2.45) is 0 Å². The molecule has 1 aliphatic rings. The normalized spacial score (nSPS) is 21.2. The molecule has 2 aromatic heterocycles. The van der Waals surface area contributed by atoms with E-state index in [0.717, 1.165) is 5.56 Å². The third kappa shape index (κ3) is 2.60. The number of pyridine rings is 2. The summed E-state index contributed by atoms with van der Waals surface area (Å²) in [6.07, 6.45) is 7.42. The third-order valence-corrected chi connectivity index (χ3v) is 4.28. The van der Waals surface area contributed by atoms with E-state index in [-0.39, 0.29) is 12.0 Å². The maximum absolute atomic E-state index is 7.64. The van der Waals surface area contributed by atoms with Gasteiger partial charge in [-0.15, -0.1) is 0 Å². The summed E-state index contributed by atoms with van der Waals surface area (Å²) in [5.74, 6) is 2.30. The van der Waals surface area contributed by atoms with Crippen molar-refractivity contribution in [2.75, 3.05) is 0 Å². The van der Waals surface area contributed by atoms with Crippen LogP contribution in [0, 0.1) is 5.41 Å². The van der Waals surface area contributed by atoms with E-state index in [9.17, 15) is 0 Å². The molecule has 2 atom stereocenters. The Morgan fingerprint density at radius 3 is 2.59 bits per heavy atom. The highest BCUT2D eigenvalue weighted by Gasteiger charge is 2.43. The number of nitrogens with zero attached hydrogens (tertiary/aromatic N) is 2. The zero-order valence-corrected chi connectivity index (χ0v) is 13.2. The molecule has 108 valence electrons. The van der Waals surface area contributed by atoms with Crippen LogP contribution in [0.3, 0.4) is 0 Å². The van der Waals surface area contributed by atoms with Gasteiger partial charge in [0.05, 0.1) is 11.5 Å². The lowest BCUT2D eigenvalue weighted by molar-refractivity contribution is -0.708. The molecule has 0 spiro atoms. The highest BCUT2D eigenvalue weighted by Crippen LogP contribution is 2.35. The smallest absolute Gasteiger partial charge is 0.219 e. The molecule has 2 aromatic rings. The van der Waals surface area contributed by atoms with Crippen molar-refractivity contribution in [3.63, 3.8) is 0 Å². The predicted octanol–water partition coefficient (Wildman–Crippen LogP) is 2.13. The maximum atomic E-state index is 7.64. The standard InChI is InChI=1S/C16H12N4S2/c17-9-12-13(11-5-4-6-18-10-11)14(16(22)19-15(12)21)20-7-2-1-3-8-20/h1-8,10,13-14,17H/p+1/t13-,14+/m0/s1. The van der Waals surface area contributed by atoms with E-state index >= 15 is 0 Å². The van der Waals surface area contributed by atoms with Gasteiger partial charge in [-0.25, -0.2) is 0 Å². The highest BCUT2D eigenvalue weighted by molar-refractivity contribution is 7.82. The second kappa shape index (κ2) is 6.23. The first-order chi connectivity index (χ1) is 10.7. The van der Waals surface area contributed by atoms with Crippen molar-refractivity contribution in [2.45, 2.75) is 12.0 Å². The van der Waals surface area contributed by atoms with Crippen molar-refractivity contribution in [3.05, 3.63) is 66.3 Å². The summed E-state index contributed by atoms with van der Waals surface area (Å²) in [6, 6.07) is 9.53. The van der Waals surface area contributed by atoms with Crippen molar-refractivity contribution in [1.29, 1.82) is 5.41 Å². The minimum Gasteiger partial charge on any atom is -0.335 e. The fraction of sp³-hybridized carbons (Fsp3) is 0.125. The van der Waals surface area contributed by atoms with E-state index < -0.39 is 0 Å². The van der Waals surface area contributed by atoms with Crippen LogP contribution < -0.4 is 9.88 Å². The van der Waals surface area contributed by atoms with Gasteiger partial charge in [0.2, 0.25) is 6.04 Å². The molecule has 3 heterocycles. The largest absolute Gasteiger partial charge is 0.335 e. The third-order valence-electron chi connectivity index (χ3n) is 3.61. The quantitative estimate of drug-likeness (QED) is 0.384. The number of hydrogen-bond donors (Lipinski definition) is 2. The fourth-order valence-corrected chi connectivity index (χ4v) is 3.36. The van der Waals surface area contributed by atoms with Crippen LogP contribution in [-0.2, 0) is 0 Å². The van der Waals surface area contributed by atoms with E-state index in [2.05, 4.69) is 16.2 Å². The van der Waals surface area contributed by atoms with E-state index in [1.54, 1.807) is 12.4 Å². The lowest BCUT2D eigenvalue weighted by atomic mass is 9.83. The fourth-order valence-electron chi connectivity index (χ4n) is 2.65. The molecule has 4 nitrogen and oxygen atoms in total. The number of aromatic nitrogens is 2. The second-order valence-corrected chi connectivity index (χ2v) is 5.74. The molecule has 0 unspecified atom stereocenters. The Balaban J connectivity index is 2.18. The number of rotatable bonds is 2. The Hall–Kier alpha value is -2.27. The molecular formula is C16H13N4S2+. The van der Waals surface area contributed by atoms with Crippen LogP contribution in [0.25, 0.3) is 0 Å². The van der Waals surface area contributed by atoms with Gasteiger partial charge in [0.25, 0.3) is 0 Å². The van der Waals surface area contributed by atoms with Gasteiger partial charge in [0.15, 0.2) is 17.4 Å². The topological polar surface area (TPSA) is 52.7 Å². The number of piperidine rings is 1. The first-order valence-corrected chi connectivity index (χ1v) is 7.54. The summed E-state index contributed by atoms with van der Waals surface area (Å²) < 4.78 is 2.02. The monoisotopic (exact) mass is 325 g/mol. The molecule has 6 heteroatoms. The predicted molar refractivity (Wildman–Crippen MR) is 92.2 cm³/mol. The average Bonchev–Trinajstić information content (AvgIpc) is 2.56. The molecule has 0 amide bonds. The lowest BCUT2D eigenvalue weighted by Gasteiger charge is -2.30. The molecule has 22 heavy (non-hydrogen) atoms. The van der Waals surface area contributed by atoms with Crippen LogP contribution in [0.15, 0.2) is 60.7 Å². The molecule has 1 aliphatic heterocycles. The minimum absolute atomic E-state index is 0.167. The van der Waals surface area contributed by atoms with Crippen LogP contribution in [0.4, 0.5) is 0 Å². The summed E-state index contributed by atoms with van der Waals surface area (Å²) in [4.78, 5) is 5.28. The lowest BCUT2D eigenvalue weighted by Crippen LogP contribution is -2.55. The Morgan fingerprint density at radius 2 is 1.95 bits per heavy atom. The first-order valence-electron chi connectivity index (χ1n) is 6.73. The second-order valence-electron chi connectivity index (χ2n) is 4.89. The van der Waals surface area contributed by atoms with Crippen LogP contribution in [0.5, 0.6) is 0 Å². The Kier molecular flexibility index (Phi) is 4.15. The van der Waals surface area contributed by atoms with Crippen LogP contribution in [0.2, 0.25) is 0 Å². The van der Waals surface area contributed by atoms with Crippen molar-refractivity contribution in [3.8, 4) is 0 Å². The first kappa shape index (κ1) is 14.7. The van der Waals surface area contributed by atoms with Crippen LogP contribution in [-0.4, -0.2) is 20.8 Å². The zero-order chi connectivity index (χ0) is 15.5. The Labute approximate surface area is 139 Å². The van der Waals surface area contributed by atoms with Gasteiger partial charge >= 0.3 is 0 Å². The van der Waals surface area contributed by atoms with E-state index in [0.29, 0.717) is 15.6 Å². The molecule has 2 N–H and O–H groups in total. The average molecular weight is 325 g/mol. The van der Waals surface area contributed by atoms with Crippen molar-refractivity contribution < 1.29 is 4.57 Å². The summed E-state index contributed by atoms with van der Waals surface area (Å²) in [6.45, 7) is 0. The van der Waals surface area contributed by atoms with Gasteiger partial charge in [0, 0.05) is 24.5 Å². The minimum atomic E-state index is -0.181. The summed E-state index contributed by atoms with van der Waals surface area (Å²) in [5.41, 5.74) is 1.59. The van der Waals surface area contributed by atoms with E-state index in [1.165, 1.54) is 0 Å². The van der Waals surface area contributed by atoms with E-state index in [1.807, 2.05) is 47.3 Å². The summed E-state index contributed by atoms with van der Waals surface area (Å²) in [5, 5.41) is 10.7. The number of nitrogens with one attached hydrogen (secondary N) is 2. The molecular weight excluding hydrogens is 312 g/mol. The highest BCUT2D eigenvalue weighted by atomic mass is 32.1. The van der Waals surface area contributed by atoms with E-state index in [4.69, 9.17) is 29.8 Å². The summed E-state index contributed by atoms with van der Waals surface area (Å²) in [7, 11) is 0. The molecule has 0 saturated carbocycles. The Bertz CT molecular complexity index is 767. The Morgan fingerprint density at radius 1 is 1.18 bits per heavy atom. The molecule has 0 aliphatic carbocycles. The SMILES string of the molecule is N=C=C1C(=S)NC(=S)[C@H]([n+]2ccccc2)[C@H]1c1cccnc1. The van der Waals surface area contributed by atoms with Gasteiger partial charge in [0.1, 0.15) is 4.99 Å². The molecule has 0 aromatic carbocycles. The number of thiocarbonyl (C=S) groups is 2. The van der Waals surface area contributed by atoms with Gasteiger partial charge in [-0.3, -0.25) is 10.4 Å². The molecule has 0 radical (unpaired) electrons.